The van der Waals surface area contributed by atoms with Gasteiger partial charge in [-0.2, -0.15) is 8.42 Å². The second kappa shape index (κ2) is 7.05. The molecule has 0 unspecified atom stereocenters. The number of rotatable bonds is 6. The number of para-hydroxylation sites is 2. The summed E-state index contributed by atoms with van der Waals surface area (Å²) in [4.78, 5) is 12.2. The number of carbonyl (C=O) groups excluding carboxylic acids is 1. The van der Waals surface area contributed by atoms with Crippen molar-refractivity contribution >= 4 is 39.1 Å². The van der Waals surface area contributed by atoms with E-state index in [4.69, 9.17) is 11.6 Å². The molecule has 2 aromatic rings. The topological polar surface area (TPSA) is 69.7 Å². The third-order valence-corrected chi connectivity index (χ3v) is 7.04. The molecule has 8 heteroatoms. The van der Waals surface area contributed by atoms with Crippen molar-refractivity contribution in [2.75, 3.05) is 21.7 Å². The summed E-state index contributed by atoms with van der Waals surface area (Å²) in [5.41, 5.74) is 2.14. The molecule has 142 valence electrons. The van der Waals surface area contributed by atoms with Crippen LogP contribution in [0.5, 0.6) is 0 Å². The second-order valence-corrected chi connectivity index (χ2v) is 8.85. The summed E-state index contributed by atoms with van der Waals surface area (Å²) < 4.78 is 28.8. The average molecular weight is 406 g/mol. The van der Waals surface area contributed by atoms with Gasteiger partial charge in [0.15, 0.2) is 0 Å². The smallest absolute Gasteiger partial charge is 0.326 e. The molecule has 0 radical (unpaired) electrons. The van der Waals surface area contributed by atoms with E-state index in [-0.39, 0.29) is 31.5 Å². The lowest BCUT2D eigenvalue weighted by atomic mass is 10.1. The maximum atomic E-state index is 13.0. The predicted octanol–water partition coefficient (Wildman–Crippen LogP) is 2.73. The van der Waals surface area contributed by atoms with E-state index in [2.05, 4.69) is 5.32 Å². The standard InChI is InChI=1S/C19H20ClN3O3S/c20-16-6-2-1-5-14(16)13-19(24)21-11-12-22-17-7-3-4-8-18(17)23(15-9-10-15)27(22,25)26/h1-8,15H,9-13H2,(H,21,24). The SMILES string of the molecule is O=C(Cc1ccccc1Cl)NCCN1c2ccccc2N(C2CC2)S1(=O)=O. The summed E-state index contributed by atoms with van der Waals surface area (Å²) in [6, 6.07) is 14.5. The Kier molecular flexibility index (Phi) is 4.74. The highest BCUT2D eigenvalue weighted by molar-refractivity contribution is 7.94. The van der Waals surface area contributed by atoms with Crippen LogP contribution in [0.2, 0.25) is 5.02 Å². The first kappa shape index (κ1) is 18.1. The van der Waals surface area contributed by atoms with Crippen LogP contribution in [-0.2, 0) is 21.4 Å². The summed E-state index contributed by atoms with van der Waals surface area (Å²) in [5.74, 6) is -0.188. The Bertz CT molecular complexity index is 976. The molecule has 0 saturated heterocycles. The van der Waals surface area contributed by atoms with Gasteiger partial charge in [0.1, 0.15) is 0 Å². The van der Waals surface area contributed by atoms with Crippen molar-refractivity contribution in [3.63, 3.8) is 0 Å². The summed E-state index contributed by atoms with van der Waals surface area (Å²) in [5, 5.41) is 3.34. The molecule has 1 aliphatic carbocycles. The molecule has 1 aliphatic heterocycles. The third kappa shape index (κ3) is 3.49. The lowest BCUT2D eigenvalue weighted by Crippen LogP contribution is -2.43. The Labute approximate surface area is 163 Å². The highest BCUT2D eigenvalue weighted by Crippen LogP contribution is 2.46. The molecule has 1 amide bonds. The number of amides is 1. The average Bonchev–Trinajstić information content (AvgIpc) is 3.43. The Morgan fingerprint density at radius 2 is 1.74 bits per heavy atom. The number of nitrogens with one attached hydrogen (secondary N) is 1. The van der Waals surface area contributed by atoms with Gasteiger partial charge >= 0.3 is 10.2 Å². The Hall–Kier alpha value is -2.25. The van der Waals surface area contributed by atoms with E-state index < -0.39 is 10.2 Å². The molecule has 4 rings (SSSR count). The van der Waals surface area contributed by atoms with Gasteiger partial charge in [0, 0.05) is 17.6 Å². The molecular formula is C19H20ClN3O3S. The fourth-order valence-electron chi connectivity index (χ4n) is 3.32. The van der Waals surface area contributed by atoms with Gasteiger partial charge < -0.3 is 5.32 Å². The van der Waals surface area contributed by atoms with Crippen LogP contribution in [-0.4, -0.2) is 33.5 Å². The van der Waals surface area contributed by atoms with Crippen LogP contribution in [0.25, 0.3) is 0 Å². The Balaban J connectivity index is 1.42. The molecule has 6 nitrogen and oxygen atoms in total. The van der Waals surface area contributed by atoms with Gasteiger partial charge in [0.25, 0.3) is 0 Å². The third-order valence-electron chi connectivity index (χ3n) is 4.74. The van der Waals surface area contributed by atoms with E-state index >= 15 is 0 Å². The van der Waals surface area contributed by atoms with Crippen molar-refractivity contribution in [3.8, 4) is 0 Å². The maximum absolute atomic E-state index is 13.0. The number of anilines is 2. The zero-order valence-electron chi connectivity index (χ0n) is 14.6. The fourth-order valence-corrected chi connectivity index (χ4v) is 5.45. The highest BCUT2D eigenvalue weighted by atomic mass is 35.5. The first-order chi connectivity index (χ1) is 13.0. The van der Waals surface area contributed by atoms with Gasteiger partial charge in [-0.3, -0.25) is 4.79 Å². The minimum Gasteiger partial charge on any atom is -0.354 e. The summed E-state index contributed by atoms with van der Waals surface area (Å²) in [6.07, 6.45) is 1.93. The number of hydrogen-bond acceptors (Lipinski definition) is 3. The van der Waals surface area contributed by atoms with Crippen molar-refractivity contribution in [3.05, 3.63) is 59.1 Å². The van der Waals surface area contributed by atoms with Gasteiger partial charge in [0.2, 0.25) is 5.91 Å². The second-order valence-electron chi connectivity index (χ2n) is 6.71. The first-order valence-corrected chi connectivity index (χ1v) is 10.7. The van der Waals surface area contributed by atoms with Crippen LogP contribution in [0.4, 0.5) is 11.4 Å². The fraction of sp³-hybridized carbons (Fsp3) is 0.316. The highest BCUT2D eigenvalue weighted by Gasteiger charge is 2.47. The summed E-state index contributed by atoms with van der Waals surface area (Å²) in [6.45, 7) is 0.423. The number of halogens is 1. The molecule has 2 aliphatic rings. The number of benzene rings is 2. The zero-order chi connectivity index (χ0) is 19.0. The van der Waals surface area contributed by atoms with Crippen molar-refractivity contribution in [1.82, 2.24) is 5.32 Å². The lowest BCUT2D eigenvalue weighted by Gasteiger charge is -2.21. The largest absolute Gasteiger partial charge is 0.354 e. The lowest BCUT2D eigenvalue weighted by molar-refractivity contribution is -0.120. The predicted molar refractivity (Wildman–Crippen MR) is 106 cm³/mol. The molecular weight excluding hydrogens is 386 g/mol. The van der Waals surface area contributed by atoms with Crippen molar-refractivity contribution < 1.29 is 13.2 Å². The van der Waals surface area contributed by atoms with Gasteiger partial charge in [-0.25, -0.2) is 8.61 Å². The molecule has 2 aromatic carbocycles. The van der Waals surface area contributed by atoms with E-state index in [9.17, 15) is 13.2 Å². The number of nitrogens with zero attached hydrogens (tertiary/aromatic N) is 2. The minimum absolute atomic E-state index is 0.0518. The first-order valence-electron chi connectivity index (χ1n) is 8.90. The quantitative estimate of drug-likeness (QED) is 0.803. The number of hydrogen-bond donors (Lipinski definition) is 1. The zero-order valence-corrected chi connectivity index (χ0v) is 16.2. The Morgan fingerprint density at radius 3 is 2.44 bits per heavy atom. The van der Waals surface area contributed by atoms with Crippen LogP contribution >= 0.6 is 11.6 Å². The van der Waals surface area contributed by atoms with Crippen molar-refractivity contribution in [1.29, 1.82) is 0 Å². The molecule has 1 fully saturated rings. The molecule has 0 atom stereocenters. The van der Waals surface area contributed by atoms with Crippen LogP contribution in [0.3, 0.4) is 0 Å². The van der Waals surface area contributed by atoms with Crippen molar-refractivity contribution in [2.24, 2.45) is 0 Å². The number of carbonyl (C=O) groups is 1. The van der Waals surface area contributed by atoms with Crippen LogP contribution in [0.1, 0.15) is 18.4 Å². The van der Waals surface area contributed by atoms with E-state index in [1.54, 1.807) is 18.2 Å². The molecule has 0 aromatic heterocycles. The monoisotopic (exact) mass is 405 g/mol. The van der Waals surface area contributed by atoms with E-state index in [0.29, 0.717) is 10.7 Å². The molecule has 1 heterocycles. The van der Waals surface area contributed by atoms with Crippen LogP contribution in [0.15, 0.2) is 48.5 Å². The van der Waals surface area contributed by atoms with Crippen LogP contribution < -0.4 is 13.9 Å². The molecule has 27 heavy (non-hydrogen) atoms. The normalized spacial score (nSPS) is 17.7. The van der Waals surface area contributed by atoms with E-state index in [1.807, 2.05) is 30.3 Å². The minimum atomic E-state index is -3.59. The van der Waals surface area contributed by atoms with Gasteiger partial charge in [0.05, 0.1) is 24.3 Å². The molecule has 1 N–H and O–H groups in total. The molecule has 0 bridgehead atoms. The van der Waals surface area contributed by atoms with E-state index in [0.717, 1.165) is 24.1 Å². The molecule has 0 spiro atoms. The van der Waals surface area contributed by atoms with Crippen LogP contribution in [0, 0.1) is 0 Å². The number of fused-ring (bicyclic) bond motifs is 1. The maximum Gasteiger partial charge on any atom is 0.326 e. The summed E-state index contributed by atoms with van der Waals surface area (Å²) >= 11 is 6.08. The summed E-state index contributed by atoms with van der Waals surface area (Å²) in [7, 11) is -3.59. The van der Waals surface area contributed by atoms with Gasteiger partial charge in [-0.05, 0) is 36.6 Å². The van der Waals surface area contributed by atoms with Gasteiger partial charge in [-0.1, -0.05) is 41.9 Å². The van der Waals surface area contributed by atoms with Gasteiger partial charge in [-0.15, -0.1) is 0 Å². The molecule has 1 saturated carbocycles. The Morgan fingerprint density at radius 1 is 1.07 bits per heavy atom. The van der Waals surface area contributed by atoms with E-state index in [1.165, 1.54) is 8.61 Å². The van der Waals surface area contributed by atoms with Crippen molar-refractivity contribution in [2.45, 2.75) is 25.3 Å².